The molecule has 2 aromatic carbocycles. The number of hydrogen-bond donors (Lipinski definition) is 1. The van der Waals surface area contributed by atoms with Gasteiger partial charge in [0.05, 0.1) is 18.0 Å². The minimum Gasteiger partial charge on any atom is -0.352 e. The van der Waals surface area contributed by atoms with E-state index in [1.165, 1.54) is 0 Å². The van der Waals surface area contributed by atoms with Crippen molar-refractivity contribution in [2.24, 2.45) is 0 Å². The molecule has 0 atom stereocenters. The fraction of sp³-hybridized carbons (Fsp3) is 0.280. The van der Waals surface area contributed by atoms with Crippen LogP contribution in [0.1, 0.15) is 46.4 Å². The van der Waals surface area contributed by atoms with E-state index in [4.69, 9.17) is 5.26 Å². The van der Waals surface area contributed by atoms with Gasteiger partial charge in [0.2, 0.25) is 5.91 Å². The third-order valence-electron chi connectivity index (χ3n) is 5.64. The molecular weight excluding hydrogens is 402 g/mol. The van der Waals surface area contributed by atoms with Gasteiger partial charge >= 0.3 is 0 Å². The number of nitrogens with zero attached hydrogens (tertiary/aromatic N) is 4. The molecule has 0 saturated carbocycles. The Morgan fingerprint density at radius 1 is 1.16 bits per heavy atom. The first-order chi connectivity index (χ1) is 15.6. The smallest absolute Gasteiger partial charge is 0.251 e. The van der Waals surface area contributed by atoms with Crippen molar-refractivity contribution in [3.05, 3.63) is 83.4 Å². The molecule has 3 aromatic rings. The van der Waals surface area contributed by atoms with Crippen molar-refractivity contribution >= 4 is 17.5 Å². The number of amides is 2. The molecule has 0 spiro atoms. The molecule has 1 aliphatic rings. The highest BCUT2D eigenvalue weighted by Crippen LogP contribution is 2.22. The number of carbonyl (C=O) groups excluding carboxylic acids is 2. The first kappa shape index (κ1) is 21.3. The molecule has 0 radical (unpaired) electrons. The SMILES string of the molecule is N#Cc1ccc(Cn2cncc2CCNC(=O)c2cccc(N3CCCCC3=O)c2)cc1. The Morgan fingerprint density at radius 2 is 2.00 bits per heavy atom. The zero-order chi connectivity index (χ0) is 22.3. The maximum Gasteiger partial charge on any atom is 0.251 e. The Morgan fingerprint density at radius 3 is 2.78 bits per heavy atom. The second kappa shape index (κ2) is 9.92. The van der Waals surface area contributed by atoms with Crippen molar-refractivity contribution in [1.82, 2.24) is 14.9 Å². The van der Waals surface area contributed by atoms with Crippen LogP contribution in [0.15, 0.2) is 61.1 Å². The maximum atomic E-state index is 12.7. The lowest BCUT2D eigenvalue weighted by Gasteiger charge is -2.27. The van der Waals surface area contributed by atoms with E-state index in [2.05, 4.69) is 16.4 Å². The quantitative estimate of drug-likeness (QED) is 0.626. The Bertz CT molecular complexity index is 1140. The predicted molar refractivity (Wildman–Crippen MR) is 121 cm³/mol. The third-order valence-corrected chi connectivity index (χ3v) is 5.64. The highest BCUT2D eigenvalue weighted by Gasteiger charge is 2.20. The Labute approximate surface area is 187 Å². The summed E-state index contributed by atoms with van der Waals surface area (Å²) in [6.45, 7) is 1.83. The molecule has 0 bridgehead atoms. The summed E-state index contributed by atoms with van der Waals surface area (Å²) in [5, 5.41) is 11.9. The second-order valence-electron chi connectivity index (χ2n) is 7.88. The number of aromatic nitrogens is 2. The zero-order valence-electron chi connectivity index (χ0n) is 17.8. The first-order valence-corrected chi connectivity index (χ1v) is 10.8. The van der Waals surface area contributed by atoms with Gasteiger partial charge < -0.3 is 14.8 Å². The molecule has 1 aliphatic heterocycles. The van der Waals surface area contributed by atoms with Crippen molar-refractivity contribution in [3.8, 4) is 6.07 Å². The fourth-order valence-corrected chi connectivity index (χ4v) is 3.88. The molecular formula is C25H25N5O2. The van der Waals surface area contributed by atoms with Gasteiger partial charge in [-0.3, -0.25) is 9.59 Å². The molecule has 7 heteroatoms. The number of hydrogen-bond acceptors (Lipinski definition) is 4. The number of piperidine rings is 1. The minimum absolute atomic E-state index is 0.115. The van der Waals surface area contributed by atoms with Crippen LogP contribution in [0.5, 0.6) is 0 Å². The van der Waals surface area contributed by atoms with Crippen LogP contribution in [0, 0.1) is 11.3 Å². The summed E-state index contributed by atoms with van der Waals surface area (Å²) in [6.07, 6.45) is 6.70. The number of rotatable bonds is 7. The molecule has 0 unspecified atom stereocenters. The van der Waals surface area contributed by atoms with Gasteiger partial charge in [-0.25, -0.2) is 4.98 Å². The third kappa shape index (κ3) is 5.03. The molecule has 2 amide bonds. The van der Waals surface area contributed by atoms with Crippen LogP contribution in [0.2, 0.25) is 0 Å². The van der Waals surface area contributed by atoms with Crippen LogP contribution in [0.25, 0.3) is 0 Å². The van der Waals surface area contributed by atoms with Gasteiger partial charge in [0, 0.05) is 55.6 Å². The molecule has 1 aromatic heterocycles. The summed E-state index contributed by atoms with van der Waals surface area (Å²) in [7, 11) is 0. The van der Waals surface area contributed by atoms with Gasteiger partial charge in [-0.2, -0.15) is 5.26 Å². The number of carbonyl (C=O) groups is 2. The minimum atomic E-state index is -0.158. The van der Waals surface area contributed by atoms with E-state index in [1.54, 1.807) is 41.7 Å². The number of nitriles is 1. The first-order valence-electron chi connectivity index (χ1n) is 10.8. The van der Waals surface area contributed by atoms with Gasteiger partial charge in [-0.15, -0.1) is 0 Å². The summed E-state index contributed by atoms with van der Waals surface area (Å²) in [5.74, 6) is -0.0428. The number of nitrogens with one attached hydrogen (secondary N) is 1. The second-order valence-corrected chi connectivity index (χ2v) is 7.88. The van der Waals surface area contributed by atoms with E-state index in [0.717, 1.165) is 29.8 Å². The predicted octanol–water partition coefficient (Wildman–Crippen LogP) is 3.29. The molecule has 7 nitrogen and oxygen atoms in total. The zero-order valence-corrected chi connectivity index (χ0v) is 17.8. The maximum absolute atomic E-state index is 12.7. The van der Waals surface area contributed by atoms with Gasteiger partial charge in [-0.05, 0) is 48.7 Å². The Kier molecular flexibility index (Phi) is 6.61. The van der Waals surface area contributed by atoms with Gasteiger partial charge in [0.15, 0.2) is 0 Å². The van der Waals surface area contributed by atoms with E-state index in [1.807, 2.05) is 28.8 Å². The van der Waals surface area contributed by atoms with E-state index in [0.29, 0.717) is 43.6 Å². The topological polar surface area (TPSA) is 91.0 Å². The average Bonchev–Trinajstić information content (AvgIpc) is 3.26. The number of anilines is 1. The van der Waals surface area contributed by atoms with E-state index in [-0.39, 0.29) is 11.8 Å². The van der Waals surface area contributed by atoms with Crippen molar-refractivity contribution in [1.29, 1.82) is 5.26 Å². The van der Waals surface area contributed by atoms with Gasteiger partial charge in [0.1, 0.15) is 0 Å². The lowest BCUT2D eigenvalue weighted by atomic mass is 10.1. The average molecular weight is 428 g/mol. The summed E-state index contributed by atoms with van der Waals surface area (Å²) < 4.78 is 2.04. The van der Waals surface area contributed by atoms with Crippen molar-refractivity contribution in [3.63, 3.8) is 0 Å². The standard InChI is InChI=1S/C25H25N5O2/c26-15-19-7-9-20(10-8-19)17-29-18-27-16-23(29)11-12-28-25(32)21-4-3-5-22(14-21)30-13-2-1-6-24(30)31/h3-5,7-10,14,16,18H,1-2,6,11-13,17H2,(H,28,32). The van der Waals surface area contributed by atoms with Crippen molar-refractivity contribution in [2.45, 2.75) is 32.2 Å². The molecule has 2 heterocycles. The van der Waals surface area contributed by atoms with Crippen LogP contribution < -0.4 is 10.2 Å². The number of imidazole rings is 1. The van der Waals surface area contributed by atoms with Gasteiger partial charge in [-0.1, -0.05) is 18.2 Å². The summed E-state index contributed by atoms with van der Waals surface area (Å²) >= 11 is 0. The highest BCUT2D eigenvalue weighted by molar-refractivity contribution is 5.98. The Hall–Kier alpha value is -3.92. The lowest BCUT2D eigenvalue weighted by molar-refractivity contribution is -0.119. The largest absolute Gasteiger partial charge is 0.352 e. The van der Waals surface area contributed by atoms with Crippen LogP contribution in [0.4, 0.5) is 5.69 Å². The van der Waals surface area contributed by atoms with Crippen molar-refractivity contribution < 1.29 is 9.59 Å². The van der Waals surface area contributed by atoms with Crippen LogP contribution in [0.3, 0.4) is 0 Å². The summed E-state index contributed by atoms with van der Waals surface area (Å²) in [6, 6.07) is 16.8. The number of benzene rings is 2. The van der Waals surface area contributed by atoms with E-state index in [9.17, 15) is 9.59 Å². The molecule has 4 rings (SSSR count). The van der Waals surface area contributed by atoms with Crippen LogP contribution >= 0.6 is 0 Å². The molecule has 1 fully saturated rings. The van der Waals surface area contributed by atoms with E-state index >= 15 is 0 Å². The molecule has 1 saturated heterocycles. The molecule has 1 N–H and O–H groups in total. The lowest BCUT2D eigenvalue weighted by Crippen LogP contribution is -2.35. The van der Waals surface area contributed by atoms with Gasteiger partial charge in [0.25, 0.3) is 5.91 Å². The van der Waals surface area contributed by atoms with E-state index < -0.39 is 0 Å². The van der Waals surface area contributed by atoms with Crippen molar-refractivity contribution in [2.75, 3.05) is 18.0 Å². The highest BCUT2D eigenvalue weighted by atomic mass is 16.2. The summed E-state index contributed by atoms with van der Waals surface area (Å²) in [5.41, 5.74) is 4.06. The normalized spacial score (nSPS) is 13.6. The van der Waals surface area contributed by atoms with Crippen LogP contribution in [-0.2, 0) is 17.8 Å². The Balaban J connectivity index is 1.34. The molecule has 32 heavy (non-hydrogen) atoms. The fourth-order valence-electron chi connectivity index (χ4n) is 3.88. The monoisotopic (exact) mass is 427 g/mol. The molecule has 0 aliphatic carbocycles. The summed E-state index contributed by atoms with van der Waals surface area (Å²) in [4.78, 5) is 30.8. The van der Waals surface area contributed by atoms with Crippen LogP contribution in [-0.4, -0.2) is 34.5 Å². The molecule has 162 valence electrons.